The lowest BCUT2D eigenvalue weighted by molar-refractivity contribution is -0.122. The van der Waals surface area contributed by atoms with Crippen molar-refractivity contribution in [3.63, 3.8) is 0 Å². The molecule has 0 bridgehead atoms. The van der Waals surface area contributed by atoms with Crippen LogP contribution in [0.25, 0.3) is 0 Å². The molecule has 1 atom stereocenters. The molecule has 0 spiro atoms. The number of hydrogen-bond acceptors (Lipinski definition) is 2. The van der Waals surface area contributed by atoms with E-state index in [0.29, 0.717) is 23.0 Å². The minimum Gasteiger partial charge on any atom is -0.355 e. The van der Waals surface area contributed by atoms with E-state index in [0.717, 1.165) is 36.2 Å². The SMILES string of the molecule is O=C(NCCc1c(Cl)cccc1Cl)[C@@H]1CCCc2[nH]cnc21. The molecule has 1 amide bonds. The van der Waals surface area contributed by atoms with Crippen molar-refractivity contribution in [2.75, 3.05) is 6.54 Å². The maximum Gasteiger partial charge on any atom is 0.229 e. The van der Waals surface area contributed by atoms with Crippen LogP contribution in [-0.4, -0.2) is 22.4 Å². The van der Waals surface area contributed by atoms with E-state index in [-0.39, 0.29) is 11.8 Å². The lowest BCUT2D eigenvalue weighted by Gasteiger charge is -2.20. The number of nitrogens with zero attached hydrogens (tertiary/aromatic N) is 1. The first-order chi connectivity index (χ1) is 10.7. The molecule has 1 aliphatic rings. The van der Waals surface area contributed by atoms with Crippen molar-refractivity contribution in [1.29, 1.82) is 0 Å². The molecule has 3 rings (SSSR count). The first-order valence-corrected chi connectivity index (χ1v) is 8.15. The third-order valence-electron chi connectivity index (χ3n) is 4.05. The summed E-state index contributed by atoms with van der Waals surface area (Å²) in [5, 5.41) is 4.24. The molecule has 0 saturated heterocycles. The van der Waals surface area contributed by atoms with Crippen molar-refractivity contribution < 1.29 is 4.79 Å². The van der Waals surface area contributed by atoms with Gasteiger partial charge in [0.25, 0.3) is 0 Å². The van der Waals surface area contributed by atoms with Crippen LogP contribution in [0, 0.1) is 0 Å². The number of halogens is 2. The Morgan fingerprint density at radius 3 is 2.91 bits per heavy atom. The number of rotatable bonds is 4. The number of benzene rings is 1. The molecule has 0 fully saturated rings. The topological polar surface area (TPSA) is 57.8 Å². The van der Waals surface area contributed by atoms with E-state index in [2.05, 4.69) is 15.3 Å². The van der Waals surface area contributed by atoms with Gasteiger partial charge >= 0.3 is 0 Å². The second-order valence-electron chi connectivity index (χ2n) is 5.45. The fourth-order valence-electron chi connectivity index (χ4n) is 2.91. The molecule has 0 saturated carbocycles. The summed E-state index contributed by atoms with van der Waals surface area (Å²) in [6.07, 6.45) is 5.10. The van der Waals surface area contributed by atoms with Gasteiger partial charge in [-0.15, -0.1) is 0 Å². The molecule has 1 heterocycles. The summed E-state index contributed by atoms with van der Waals surface area (Å²) in [6, 6.07) is 5.43. The van der Waals surface area contributed by atoms with Crippen LogP contribution in [0.4, 0.5) is 0 Å². The normalized spacial score (nSPS) is 17.1. The maximum absolute atomic E-state index is 12.4. The molecule has 0 aliphatic heterocycles. The molecule has 2 N–H and O–H groups in total. The van der Waals surface area contributed by atoms with Gasteiger partial charge in [-0.3, -0.25) is 4.79 Å². The van der Waals surface area contributed by atoms with Gasteiger partial charge in [-0.2, -0.15) is 0 Å². The van der Waals surface area contributed by atoms with Crippen LogP contribution < -0.4 is 5.32 Å². The lowest BCUT2D eigenvalue weighted by Crippen LogP contribution is -2.33. The highest BCUT2D eigenvalue weighted by Gasteiger charge is 2.28. The number of aryl methyl sites for hydroxylation is 1. The van der Waals surface area contributed by atoms with E-state index in [1.165, 1.54) is 0 Å². The van der Waals surface area contributed by atoms with Crippen molar-refractivity contribution in [1.82, 2.24) is 15.3 Å². The van der Waals surface area contributed by atoms with Gasteiger partial charge in [0.05, 0.1) is 17.9 Å². The first-order valence-electron chi connectivity index (χ1n) is 7.39. The Kier molecular flexibility index (Phi) is 4.69. The Balaban J connectivity index is 1.60. The third-order valence-corrected chi connectivity index (χ3v) is 4.76. The van der Waals surface area contributed by atoms with Gasteiger partial charge in [0.1, 0.15) is 0 Å². The number of nitrogens with one attached hydrogen (secondary N) is 2. The van der Waals surface area contributed by atoms with Gasteiger partial charge in [-0.25, -0.2) is 4.98 Å². The van der Waals surface area contributed by atoms with Gasteiger partial charge in [-0.1, -0.05) is 29.3 Å². The molecule has 0 unspecified atom stereocenters. The summed E-state index contributed by atoms with van der Waals surface area (Å²) >= 11 is 12.3. The molecule has 6 heteroatoms. The van der Waals surface area contributed by atoms with E-state index in [9.17, 15) is 4.79 Å². The zero-order valence-electron chi connectivity index (χ0n) is 12.0. The van der Waals surface area contributed by atoms with Crippen molar-refractivity contribution in [2.45, 2.75) is 31.6 Å². The zero-order valence-corrected chi connectivity index (χ0v) is 13.5. The zero-order chi connectivity index (χ0) is 15.5. The maximum atomic E-state index is 12.4. The number of amides is 1. The lowest BCUT2D eigenvalue weighted by atomic mass is 9.89. The van der Waals surface area contributed by atoms with Crippen LogP contribution in [0.3, 0.4) is 0 Å². The van der Waals surface area contributed by atoms with E-state index < -0.39 is 0 Å². The molecule has 4 nitrogen and oxygen atoms in total. The number of carbonyl (C=O) groups excluding carboxylic acids is 1. The van der Waals surface area contributed by atoms with Gasteiger partial charge in [0.2, 0.25) is 5.91 Å². The van der Waals surface area contributed by atoms with Crippen LogP contribution in [-0.2, 0) is 17.6 Å². The van der Waals surface area contributed by atoms with E-state index in [1.807, 2.05) is 18.2 Å². The molecule has 1 aromatic heterocycles. The summed E-state index contributed by atoms with van der Waals surface area (Å²) in [6.45, 7) is 0.512. The fourth-order valence-corrected chi connectivity index (χ4v) is 3.50. The molecular formula is C16H17Cl2N3O. The first kappa shape index (κ1) is 15.4. The Bertz CT molecular complexity index is 664. The number of imidazole rings is 1. The third kappa shape index (κ3) is 3.13. The van der Waals surface area contributed by atoms with Crippen LogP contribution in [0.2, 0.25) is 10.0 Å². The van der Waals surface area contributed by atoms with Crippen LogP contribution in [0.1, 0.15) is 35.7 Å². The van der Waals surface area contributed by atoms with Crippen LogP contribution in [0.15, 0.2) is 24.5 Å². The number of fused-ring (bicyclic) bond motifs is 1. The van der Waals surface area contributed by atoms with Crippen LogP contribution in [0.5, 0.6) is 0 Å². The molecule has 22 heavy (non-hydrogen) atoms. The molecule has 1 aliphatic carbocycles. The Labute approximate surface area is 139 Å². The van der Waals surface area contributed by atoms with Crippen molar-refractivity contribution in [2.24, 2.45) is 0 Å². The number of aromatic nitrogens is 2. The van der Waals surface area contributed by atoms with Crippen molar-refractivity contribution in [3.05, 3.63) is 51.5 Å². The quantitative estimate of drug-likeness (QED) is 0.896. The predicted octanol–water partition coefficient (Wildman–Crippen LogP) is 3.50. The number of hydrogen-bond donors (Lipinski definition) is 2. The monoisotopic (exact) mass is 337 g/mol. The molecule has 116 valence electrons. The summed E-state index contributed by atoms with van der Waals surface area (Å²) in [4.78, 5) is 19.8. The Morgan fingerprint density at radius 2 is 2.14 bits per heavy atom. The average Bonchev–Trinajstić information content (AvgIpc) is 2.98. The summed E-state index contributed by atoms with van der Waals surface area (Å²) in [7, 11) is 0. The number of carbonyl (C=O) groups is 1. The fraction of sp³-hybridized carbons (Fsp3) is 0.375. The number of aromatic amines is 1. The van der Waals surface area contributed by atoms with Gasteiger partial charge in [0, 0.05) is 22.3 Å². The summed E-state index contributed by atoms with van der Waals surface area (Å²) < 4.78 is 0. The smallest absolute Gasteiger partial charge is 0.229 e. The second-order valence-corrected chi connectivity index (χ2v) is 6.27. The second kappa shape index (κ2) is 6.71. The highest BCUT2D eigenvalue weighted by Crippen LogP contribution is 2.29. The number of H-pyrrole nitrogens is 1. The molecule has 2 aromatic rings. The van der Waals surface area contributed by atoms with Crippen molar-refractivity contribution in [3.8, 4) is 0 Å². The minimum absolute atomic E-state index is 0.0243. The van der Waals surface area contributed by atoms with Gasteiger partial charge in [0.15, 0.2) is 0 Å². The Hall–Kier alpha value is -1.52. The highest BCUT2D eigenvalue weighted by atomic mass is 35.5. The summed E-state index contributed by atoms with van der Waals surface area (Å²) in [5.41, 5.74) is 2.84. The van der Waals surface area contributed by atoms with Crippen molar-refractivity contribution >= 4 is 29.1 Å². The predicted molar refractivity (Wildman–Crippen MR) is 87.4 cm³/mol. The van der Waals surface area contributed by atoms with Gasteiger partial charge < -0.3 is 10.3 Å². The average molecular weight is 338 g/mol. The highest BCUT2D eigenvalue weighted by molar-refractivity contribution is 6.35. The van der Waals surface area contributed by atoms with E-state index in [1.54, 1.807) is 6.33 Å². The molecule has 1 aromatic carbocycles. The van der Waals surface area contributed by atoms with Crippen LogP contribution >= 0.6 is 23.2 Å². The standard InChI is InChI=1S/C16H17Cl2N3O/c17-12-4-2-5-13(18)10(12)7-8-19-16(22)11-3-1-6-14-15(11)21-9-20-14/h2,4-5,9,11H,1,3,6-8H2,(H,19,22)(H,20,21)/t11-/m1/s1. The van der Waals surface area contributed by atoms with E-state index in [4.69, 9.17) is 23.2 Å². The van der Waals surface area contributed by atoms with E-state index >= 15 is 0 Å². The summed E-state index contributed by atoms with van der Waals surface area (Å²) in [5.74, 6) is -0.132. The Morgan fingerprint density at radius 1 is 1.36 bits per heavy atom. The van der Waals surface area contributed by atoms with Gasteiger partial charge in [-0.05, 0) is 43.4 Å². The minimum atomic E-state index is -0.156. The molecule has 0 radical (unpaired) electrons. The largest absolute Gasteiger partial charge is 0.355 e. The molecular weight excluding hydrogens is 321 g/mol.